The number of carbonyl (C=O) groups excluding carboxylic acids is 1. The van der Waals surface area contributed by atoms with Gasteiger partial charge in [-0.1, -0.05) is 20.8 Å². The van der Waals surface area contributed by atoms with Gasteiger partial charge in [0.15, 0.2) is 0 Å². The van der Waals surface area contributed by atoms with E-state index < -0.39 is 0 Å². The van der Waals surface area contributed by atoms with Crippen LogP contribution in [0.1, 0.15) is 33.6 Å². The van der Waals surface area contributed by atoms with Gasteiger partial charge in [0.05, 0.1) is 0 Å². The lowest BCUT2D eigenvalue weighted by molar-refractivity contribution is -0.149. The maximum Gasteiger partial charge on any atom is 0.225 e. The molecule has 3 nitrogen and oxygen atoms in total. The Bertz CT molecular complexity index is 261. The van der Waals surface area contributed by atoms with Gasteiger partial charge in [0.2, 0.25) is 5.91 Å². The van der Waals surface area contributed by atoms with E-state index in [9.17, 15) is 4.79 Å². The molecular weight excluding hydrogens is 200 g/mol. The summed E-state index contributed by atoms with van der Waals surface area (Å²) in [6.45, 7) is 10.5. The molecule has 92 valence electrons. The van der Waals surface area contributed by atoms with Crippen LogP contribution in [0, 0.1) is 17.3 Å². The topological polar surface area (TPSA) is 32.3 Å². The number of amides is 1. The van der Waals surface area contributed by atoms with E-state index in [1.807, 2.05) is 0 Å². The van der Waals surface area contributed by atoms with Crippen molar-refractivity contribution in [3.8, 4) is 0 Å². The SMILES string of the molecule is CC(C)C(C)C(=O)N1CC2(CCCNC2)C1. The normalized spacial score (nSPS) is 25.6. The highest BCUT2D eigenvalue weighted by Gasteiger charge is 2.46. The largest absolute Gasteiger partial charge is 0.341 e. The minimum Gasteiger partial charge on any atom is -0.341 e. The van der Waals surface area contributed by atoms with Crippen molar-refractivity contribution >= 4 is 5.91 Å². The lowest BCUT2D eigenvalue weighted by Gasteiger charge is -2.53. The zero-order valence-electron chi connectivity index (χ0n) is 10.8. The third-order valence-electron chi connectivity index (χ3n) is 4.31. The average molecular weight is 224 g/mol. The van der Waals surface area contributed by atoms with E-state index in [0.717, 1.165) is 26.2 Å². The van der Waals surface area contributed by atoms with Crippen molar-refractivity contribution in [3.05, 3.63) is 0 Å². The third kappa shape index (κ3) is 2.10. The van der Waals surface area contributed by atoms with Crippen molar-refractivity contribution in [1.29, 1.82) is 0 Å². The van der Waals surface area contributed by atoms with Crippen LogP contribution in [0.2, 0.25) is 0 Å². The van der Waals surface area contributed by atoms with Crippen LogP contribution < -0.4 is 5.32 Å². The molecule has 2 saturated heterocycles. The van der Waals surface area contributed by atoms with Crippen LogP contribution in [-0.2, 0) is 4.79 Å². The fourth-order valence-corrected chi connectivity index (χ4v) is 2.79. The molecule has 0 aliphatic carbocycles. The number of likely N-dealkylation sites (tertiary alicyclic amines) is 1. The molecule has 2 fully saturated rings. The van der Waals surface area contributed by atoms with Gasteiger partial charge in [0.1, 0.15) is 0 Å². The van der Waals surface area contributed by atoms with E-state index >= 15 is 0 Å². The van der Waals surface area contributed by atoms with Gasteiger partial charge in [-0.15, -0.1) is 0 Å². The van der Waals surface area contributed by atoms with Gasteiger partial charge in [-0.05, 0) is 25.3 Å². The van der Waals surface area contributed by atoms with E-state index in [1.165, 1.54) is 12.8 Å². The van der Waals surface area contributed by atoms with Gasteiger partial charge < -0.3 is 10.2 Å². The van der Waals surface area contributed by atoms with Crippen molar-refractivity contribution in [2.24, 2.45) is 17.3 Å². The van der Waals surface area contributed by atoms with Gasteiger partial charge >= 0.3 is 0 Å². The van der Waals surface area contributed by atoms with E-state index in [4.69, 9.17) is 0 Å². The molecule has 0 radical (unpaired) electrons. The standard InChI is InChI=1S/C13H24N2O/c1-10(2)11(3)12(16)15-8-13(9-15)5-4-6-14-7-13/h10-11,14H,4-9H2,1-3H3. The highest BCUT2D eigenvalue weighted by molar-refractivity contribution is 5.79. The first kappa shape index (κ1) is 11.9. The Labute approximate surface area is 98.6 Å². The van der Waals surface area contributed by atoms with Crippen molar-refractivity contribution < 1.29 is 4.79 Å². The quantitative estimate of drug-likeness (QED) is 0.771. The Balaban J connectivity index is 1.85. The van der Waals surface area contributed by atoms with Gasteiger partial charge in [0.25, 0.3) is 0 Å². The summed E-state index contributed by atoms with van der Waals surface area (Å²) in [7, 11) is 0. The summed E-state index contributed by atoms with van der Waals surface area (Å²) in [5, 5.41) is 3.45. The molecule has 0 aromatic rings. The predicted molar refractivity (Wildman–Crippen MR) is 65.1 cm³/mol. The van der Waals surface area contributed by atoms with Crippen molar-refractivity contribution in [2.75, 3.05) is 26.2 Å². The van der Waals surface area contributed by atoms with Gasteiger partial charge in [0, 0.05) is 31.0 Å². The molecule has 0 saturated carbocycles. The molecule has 2 heterocycles. The molecule has 0 bridgehead atoms. The number of hydrogen-bond donors (Lipinski definition) is 1. The van der Waals surface area contributed by atoms with Crippen LogP contribution in [0.3, 0.4) is 0 Å². The van der Waals surface area contributed by atoms with Crippen LogP contribution in [0.5, 0.6) is 0 Å². The molecule has 1 amide bonds. The number of rotatable bonds is 2. The van der Waals surface area contributed by atoms with Gasteiger partial charge in [-0.25, -0.2) is 0 Å². The zero-order valence-corrected chi connectivity index (χ0v) is 10.8. The Morgan fingerprint density at radius 3 is 2.50 bits per heavy atom. The second-order valence-corrected chi connectivity index (χ2v) is 6.01. The van der Waals surface area contributed by atoms with Gasteiger partial charge in [-0.2, -0.15) is 0 Å². The monoisotopic (exact) mass is 224 g/mol. The molecule has 1 spiro atoms. The predicted octanol–water partition coefficient (Wildman–Crippen LogP) is 1.49. The van der Waals surface area contributed by atoms with Crippen LogP contribution >= 0.6 is 0 Å². The lowest BCUT2D eigenvalue weighted by atomic mass is 9.73. The summed E-state index contributed by atoms with van der Waals surface area (Å²) in [4.78, 5) is 14.2. The first-order valence-corrected chi connectivity index (χ1v) is 6.54. The first-order chi connectivity index (χ1) is 7.54. The average Bonchev–Trinajstić information content (AvgIpc) is 2.24. The minimum atomic E-state index is 0.175. The van der Waals surface area contributed by atoms with E-state index in [2.05, 4.69) is 31.0 Å². The lowest BCUT2D eigenvalue weighted by Crippen LogP contribution is -2.64. The van der Waals surface area contributed by atoms with E-state index in [0.29, 0.717) is 17.2 Å². The smallest absolute Gasteiger partial charge is 0.225 e. The number of nitrogens with one attached hydrogen (secondary N) is 1. The number of nitrogens with zero attached hydrogens (tertiary/aromatic N) is 1. The summed E-state index contributed by atoms with van der Waals surface area (Å²) in [6, 6.07) is 0. The van der Waals surface area contributed by atoms with Crippen molar-refractivity contribution in [1.82, 2.24) is 10.2 Å². The number of carbonyl (C=O) groups is 1. The molecule has 1 unspecified atom stereocenters. The third-order valence-corrected chi connectivity index (χ3v) is 4.31. The number of hydrogen-bond acceptors (Lipinski definition) is 2. The minimum absolute atomic E-state index is 0.175. The number of piperidine rings is 1. The molecule has 2 rings (SSSR count). The fraction of sp³-hybridized carbons (Fsp3) is 0.923. The Morgan fingerprint density at radius 2 is 2.00 bits per heavy atom. The summed E-state index contributed by atoms with van der Waals surface area (Å²) in [6.07, 6.45) is 2.56. The Morgan fingerprint density at radius 1 is 1.31 bits per heavy atom. The molecule has 16 heavy (non-hydrogen) atoms. The van der Waals surface area contributed by atoms with Crippen LogP contribution in [-0.4, -0.2) is 37.0 Å². The Kier molecular flexibility index (Phi) is 3.24. The highest BCUT2D eigenvalue weighted by Crippen LogP contribution is 2.37. The van der Waals surface area contributed by atoms with Crippen LogP contribution in [0.25, 0.3) is 0 Å². The molecule has 0 aromatic carbocycles. The summed E-state index contributed by atoms with van der Waals surface area (Å²) in [5.74, 6) is 0.980. The highest BCUT2D eigenvalue weighted by atomic mass is 16.2. The molecule has 3 heteroatoms. The molecule has 1 N–H and O–H groups in total. The summed E-state index contributed by atoms with van der Waals surface area (Å²) < 4.78 is 0. The van der Waals surface area contributed by atoms with Crippen LogP contribution in [0.15, 0.2) is 0 Å². The van der Waals surface area contributed by atoms with Crippen LogP contribution in [0.4, 0.5) is 0 Å². The van der Waals surface area contributed by atoms with E-state index in [-0.39, 0.29) is 5.92 Å². The Hall–Kier alpha value is -0.570. The van der Waals surface area contributed by atoms with Crippen molar-refractivity contribution in [3.63, 3.8) is 0 Å². The molecule has 2 aliphatic heterocycles. The second-order valence-electron chi connectivity index (χ2n) is 6.01. The zero-order chi connectivity index (χ0) is 11.8. The molecule has 1 atom stereocenters. The first-order valence-electron chi connectivity index (χ1n) is 6.54. The summed E-state index contributed by atoms with van der Waals surface area (Å²) >= 11 is 0. The molecule has 2 aliphatic rings. The maximum atomic E-state index is 12.1. The van der Waals surface area contributed by atoms with E-state index in [1.54, 1.807) is 0 Å². The molecule has 0 aromatic heterocycles. The second kappa shape index (κ2) is 4.36. The summed E-state index contributed by atoms with van der Waals surface area (Å²) in [5.41, 5.74) is 0.421. The maximum absolute atomic E-state index is 12.1. The fourth-order valence-electron chi connectivity index (χ4n) is 2.79. The molecular formula is C13H24N2O. The van der Waals surface area contributed by atoms with Gasteiger partial charge in [-0.3, -0.25) is 4.79 Å². The van der Waals surface area contributed by atoms with Crippen molar-refractivity contribution in [2.45, 2.75) is 33.6 Å².